The summed E-state index contributed by atoms with van der Waals surface area (Å²) in [6.45, 7) is 0.775. The highest BCUT2D eigenvalue weighted by atomic mass is 35.5. The number of rotatable bonds is 4. The van der Waals surface area contributed by atoms with E-state index in [1.54, 1.807) is 0 Å². The summed E-state index contributed by atoms with van der Waals surface area (Å²) in [5.74, 6) is -0.369. The van der Waals surface area contributed by atoms with Gasteiger partial charge in [0.2, 0.25) is 0 Å². The number of nitrogens with zero attached hydrogens (tertiary/aromatic N) is 1. The average Bonchev–Trinajstić information content (AvgIpc) is 2.83. The van der Waals surface area contributed by atoms with Crippen LogP contribution < -0.4 is 15.5 Å². The molecule has 0 spiro atoms. The Bertz CT molecular complexity index is 1260. The van der Waals surface area contributed by atoms with Crippen LogP contribution in [0.4, 0.5) is 5.69 Å². The quantitative estimate of drug-likeness (QED) is 0.293. The molecule has 1 atom stereocenters. The molecule has 0 aromatic heterocycles. The van der Waals surface area contributed by atoms with Gasteiger partial charge in [-0.3, -0.25) is 0 Å². The van der Waals surface area contributed by atoms with Crippen molar-refractivity contribution in [3.8, 4) is 0 Å². The SMILES string of the molecule is O=P(c1cccc(Cl)c1)(c1cccc(Cl)c1)C1c2ccccc2CCN1c1ccccc1. The lowest BCUT2D eigenvalue weighted by molar-refractivity contribution is 0.569. The summed E-state index contributed by atoms with van der Waals surface area (Å²) in [5.41, 5.74) is 3.37. The maximum Gasteiger partial charge on any atom is 0.169 e. The summed E-state index contributed by atoms with van der Waals surface area (Å²) < 4.78 is 15.5. The number of anilines is 1. The summed E-state index contributed by atoms with van der Waals surface area (Å²) in [7, 11) is -3.25. The van der Waals surface area contributed by atoms with E-state index in [-0.39, 0.29) is 5.78 Å². The summed E-state index contributed by atoms with van der Waals surface area (Å²) in [5, 5.41) is 2.60. The molecule has 0 saturated heterocycles. The Hall–Kier alpha value is -2.51. The first-order chi connectivity index (χ1) is 15.6. The molecule has 5 heteroatoms. The van der Waals surface area contributed by atoms with Crippen molar-refractivity contribution in [1.82, 2.24) is 0 Å². The molecule has 5 rings (SSSR count). The molecular formula is C27H22Cl2NOP. The average molecular weight is 478 g/mol. The Balaban J connectivity index is 1.82. The summed E-state index contributed by atoms with van der Waals surface area (Å²) in [6.07, 6.45) is 0.895. The predicted octanol–water partition coefficient (Wildman–Crippen LogP) is 7.07. The molecule has 0 saturated carbocycles. The second kappa shape index (κ2) is 8.79. The van der Waals surface area contributed by atoms with Crippen LogP contribution in [0.2, 0.25) is 10.0 Å². The van der Waals surface area contributed by atoms with Gasteiger partial charge in [0, 0.05) is 32.9 Å². The summed E-state index contributed by atoms with van der Waals surface area (Å²) in [4.78, 5) is 2.28. The van der Waals surface area contributed by atoms with Gasteiger partial charge < -0.3 is 9.46 Å². The zero-order valence-corrected chi connectivity index (χ0v) is 19.8. The first-order valence-corrected chi connectivity index (χ1v) is 13.1. The van der Waals surface area contributed by atoms with Crippen molar-refractivity contribution in [3.05, 3.63) is 124 Å². The Morgan fingerprint density at radius 2 is 1.31 bits per heavy atom. The molecule has 32 heavy (non-hydrogen) atoms. The minimum atomic E-state index is -3.25. The van der Waals surface area contributed by atoms with E-state index in [4.69, 9.17) is 23.2 Å². The van der Waals surface area contributed by atoms with E-state index in [0.29, 0.717) is 10.0 Å². The van der Waals surface area contributed by atoms with E-state index in [1.807, 2.05) is 72.8 Å². The highest BCUT2D eigenvalue weighted by Gasteiger charge is 2.44. The van der Waals surface area contributed by atoms with Gasteiger partial charge in [-0.05, 0) is 53.9 Å². The third kappa shape index (κ3) is 3.77. The molecule has 4 aromatic carbocycles. The topological polar surface area (TPSA) is 20.3 Å². The van der Waals surface area contributed by atoms with Gasteiger partial charge in [0.15, 0.2) is 7.14 Å². The fraction of sp³-hybridized carbons (Fsp3) is 0.111. The third-order valence-electron chi connectivity index (χ3n) is 6.07. The van der Waals surface area contributed by atoms with E-state index >= 15 is 4.57 Å². The molecule has 4 aromatic rings. The summed E-state index contributed by atoms with van der Waals surface area (Å²) in [6, 6.07) is 33.5. The lowest BCUT2D eigenvalue weighted by Crippen LogP contribution is -2.39. The van der Waals surface area contributed by atoms with Crippen LogP contribution in [0, 0.1) is 0 Å². The Morgan fingerprint density at radius 1 is 0.719 bits per heavy atom. The highest BCUT2D eigenvalue weighted by molar-refractivity contribution is 7.79. The normalized spacial score (nSPS) is 15.9. The molecule has 0 radical (unpaired) electrons. The molecule has 1 aliphatic heterocycles. The van der Waals surface area contributed by atoms with Crippen LogP contribution in [0.25, 0.3) is 0 Å². The standard InChI is InChI=1S/C27H22Cl2NOP/c28-21-9-6-13-24(18-21)32(31,25-14-7-10-22(29)19-25)27-26-15-5-4-8-20(26)16-17-30(27)23-11-2-1-3-12-23/h1-15,18-19,27H,16-17H2. The van der Waals surface area contributed by atoms with Gasteiger partial charge in [0.1, 0.15) is 5.78 Å². The van der Waals surface area contributed by atoms with Crippen LogP contribution in [0.3, 0.4) is 0 Å². The van der Waals surface area contributed by atoms with Crippen molar-refractivity contribution in [2.75, 3.05) is 11.4 Å². The lowest BCUT2D eigenvalue weighted by atomic mass is 9.99. The second-order valence-electron chi connectivity index (χ2n) is 7.97. The molecule has 160 valence electrons. The Morgan fingerprint density at radius 3 is 1.94 bits per heavy atom. The minimum absolute atomic E-state index is 0.369. The fourth-order valence-corrected chi connectivity index (χ4v) is 8.58. The highest BCUT2D eigenvalue weighted by Crippen LogP contribution is 2.61. The first-order valence-electron chi connectivity index (χ1n) is 10.6. The summed E-state index contributed by atoms with van der Waals surface area (Å²) >= 11 is 12.8. The number of para-hydroxylation sites is 1. The molecular weight excluding hydrogens is 456 g/mol. The molecule has 0 bridgehead atoms. The zero-order chi connectivity index (χ0) is 22.1. The van der Waals surface area contributed by atoms with Crippen molar-refractivity contribution in [3.63, 3.8) is 0 Å². The van der Waals surface area contributed by atoms with Gasteiger partial charge in [0.25, 0.3) is 0 Å². The van der Waals surface area contributed by atoms with E-state index < -0.39 is 7.14 Å². The van der Waals surface area contributed by atoms with Crippen LogP contribution >= 0.6 is 30.3 Å². The van der Waals surface area contributed by atoms with Gasteiger partial charge in [-0.1, -0.05) is 89.9 Å². The molecule has 1 heterocycles. The molecule has 0 amide bonds. The first kappa shape index (κ1) is 21.3. The third-order valence-corrected chi connectivity index (χ3v) is 9.87. The van der Waals surface area contributed by atoms with Crippen molar-refractivity contribution in [1.29, 1.82) is 0 Å². The zero-order valence-electron chi connectivity index (χ0n) is 17.4. The van der Waals surface area contributed by atoms with E-state index in [1.165, 1.54) is 5.56 Å². The molecule has 0 N–H and O–H groups in total. The minimum Gasteiger partial charge on any atom is -0.357 e. The second-order valence-corrected chi connectivity index (χ2v) is 11.7. The largest absolute Gasteiger partial charge is 0.357 e. The number of benzene rings is 4. The molecule has 2 nitrogen and oxygen atoms in total. The Labute approximate surface area is 198 Å². The van der Waals surface area contributed by atoms with Gasteiger partial charge in [0.05, 0.1) is 0 Å². The van der Waals surface area contributed by atoms with Crippen molar-refractivity contribution < 1.29 is 4.57 Å². The van der Waals surface area contributed by atoms with Crippen LogP contribution in [-0.2, 0) is 11.0 Å². The van der Waals surface area contributed by atoms with E-state index in [0.717, 1.165) is 34.8 Å². The molecule has 1 aliphatic rings. The number of hydrogen-bond acceptors (Lipinski definition) is 2. The van der Waals surface area contributed by atoms with Gasteiger partial charge in [-0.15, -0.1) is 0 Å². The van der Waals surface area contributed by atoms with Gasteiger partial charge in [-0.2, -0.15) is 0 Å². The molecule has 0 aliphatic carbocycles. The van der Waals surface area contributed by atoms with Gasteiger partial charge >= 0.3 is 0 Å². The van der Waals surface area contributed by atoms with Crippen molar-refractivity contribution >= 4 is 46.6 Å². The maximum absolute atomic E-state index is 15.5. The monoisotopic (exact) mass is 477 g/mol. The van der Waals surface area contributed by atoms with Crippen LogP contribution in [0.1, 0.15) is 16.9 Å². The maximum atomic E-state index is 15.5. The number of fused-ring (bicyclic) bond motifs is 1. The fourth-order valence-electron chi connectivity index (χ4n) is 4.62. The smallest absolute Gasteiger partial charge is 0.169 e. The predicted molar refractivity (Wildman–Crippen MR) is 136 cm³/mol. The van der Waals surface area contributed by atoms with E-state index in [9.17, 15) is 0 Å². The van der Waals surface area contributed by atoms with E-state index in [2.05, 4.69) is 35.2 Å². The molecule has 0 fully saturated rings. The number of halogens is 2. The number of hydrogen-bond donors (Lipinski definition) is 0. The van der Waals surface area contributed by atoms with Crippen LogP contribution in [0.15, 0.2) is 103 Å². The lowest BCUT2D eigenvalue weighted by Gasteiger charge is -2.43. The van der Waals surface area contributed by atoms with Crippen LogP contribution in [0.5, 0.6) is 0 Å². The Kier molecular flexibility index (Phi) is 5.86. The van der Waals surface area contributed by atoms with Crippen molar-refractivity contribution in [2.24, 2.45) is 0 Å². The van der Waals surface area contributed by atoms with Gasteiger partial charge in [-0.25, -0.2) is 0 Å². The molecule has 1 unspecified atom stereocenters. The van der Waals surface area contributed by atoms with Crippen molar-refractivity contribution in [2.45, 2.75) is 12.2 Å². The van der Waals surface area contributed by atoms with Crippen LogP contribution in [-0.4, -0.2) is 6.54 Å².